The molecule has 4 heteroatoms. The molecule has 0 aliphatic rings. The molecule has 0 unspecified atom stereocenters. The number of benzene rings is 1. The zero-order valence-corrected chi connectivity index (χ0v) is 10.4. The maximum Gasteiger partial charge on any atom is 0.129 e. The molecule has 3 rings (SSSR count). The summed E-state index contributed by atoms with van der Waals surface area (Å²) >= 11 is 0. The molecular weight excluding hydrogens is 238 g/mol. The van der Waals surface area contributed by atoms with E-state index in [0.717, 1.165) is 27.6 Å². The van der Waals surface area contributed by atoms with Crippen molar-refractivity contribution in [2.24, 2.45) is 5.18 Å². The molecular formula is C15H11N3O. The van der Waals surface area contributed by atoms with Gasteiger partial charge >= 0.3 is 0 Å². The standard InChI is InChI=1S/C15H11N3O/c1-10-13-7-11(12-3-2-6-16-8-12)4-5-14(13)17-9-15(10)18-19/h2-9H,1H3. The fraction of sp³-hybridized carbons (Fsp3) is 0.0667. The van der Waals surface area contributed by atoms with Crippen LogP contribution in [0.15, 0.2) is 54.1 Å². The fourth-order valence-electron chi connectivity index (χ4n) is 2.12. The van der Waals surface area contributed by atoms with Crippen LogP contribution in [-0.4, -0.2) is 9.97 Å². The topological polar surface area (TPSA) is 55.2 Å². The minimum Gasteiger partial charge on any atom is -0.264 e. The average Bonchev–Trinajstić information content (AvgIpc) is 2.48. The minimum absolute atomic E-state index is 0.385. The van der Waals surface area contributed by atoms with Crippen LogP contribution < -0.4 is 0 Å². The van der Waals surface area contributed by atoms with E-state index >= 15 is 0 Å². The van der Waals surface area contributed by atoms with Crippen molar-refractivity contribution in [1.82, 2.24) is 9.97 Å². The Hall–Kier alpha value is -2.62. The lowest BCUT2D eigenvalue weighted by atomic mass is 10.0. The molecule has 0 aliphatic heterocycles. The molecule has 0 bridgehead atoms. The second kappa shape index (κ2) is 4.57. The summed E-state index contributed by atoms with van der Waals surface area (Å²) in [6.45, 7) is 1.88. The summed E-state index contributed by atoms with van der Waals surface area (Å²) in [4.78, 5) is 19.1. The van der Waals surface area contributed by atoms with Gasteiger partial charge in [0, 0.05) is 23.3 Å². The molecule has 0 fully saturated rings. The van der Waals surface area contributed by atoms with E-state index in [-0.39, 0.29) is 0 Å². The molecule has 92 valence electrons. The first-order chi connectivity index (χ1) is 9.29. The number of nitrogens with zero attached hydrogens (tertiary/aromatic N) is 3. The van der Waals surface area contributed by atoms with Crippen molar-refractivity contribution in [3.8, 4) is 11.1 Å². The van der Waals surface area contributed by atoms with Crippen LogP contribution in [0.3, 0.4) is 0 Å². The van der Waals surface area contributed by atoms with Crippen molar-refractivity contribution < 1.29 is 0 Å². The molecule has 0 saturated heterocycles. The Morgan fingerprint density at radius 3 is 2.74 bits per heavy atom. The van der Waals surface area contributed by atoms with Gasteiger partial charge < -0.3 is 0 Å². The van der Waals surface area contributed by atoms with Crippen molar-refractivity contribution >= 4 is 16.6 Å². The zero-order valence-electron chi connectivity index (χ0n) is 10.4. The van der Waals surface area contributed by atoms with Gasteiger partial charge in [-0.2, -0.15) is 0 Å². The van der Waals surface area contributed by atoms with Gasteiger partial charge in [0.05, 0.1) is 11.7 Å². The van der Waals surface area contributed by atoms with Gasteiger partial charge in [0.15, 0.2) is 0 Å². The highest BCUT2D eigenvalue weighted by Gasteiger charge is 2.07. The van der Waals surface area contributed by atoms with Gasteiger partial charge in [-0.1, -0.05) is 12.1 Å². The maximum absolute atomic E-state index is 10.7. The van der Waals surface area contributed by atoms with Gasteiger partial charge in [-0.25, -0.2) is 0 Å². The molecule has 0 aliphatic carbocycles. The van der Waals surface area contributed by atoms with E-state index in [1.165, 1.54) is 6.20 Å². The highest BCUT2D eigenvalue weighted by atomic mass is 16.3. The normalized spacial score (nSPS) is 10.6. The van der Waals surface area contributed by atoms with Crippen molar-refractivity contribution in [2.75, 3.05) is 0 Å². The molecule has 4 nitrogen and oxygen atoms in total. The van der Waals surface area contributed by atoms with E-state index in [1.807, 2.05) is 43.5 Å². The molecule has 2 aromatic heterocycles. The lowest BCUT2D eigenvalue weighted by molar-refractivity contribution is 1.31. The first-order valence-corrected chi connectivity index (χ1v) is 5.93. The monoisotopic (exact) mass is 249 g/mol. The highest BCUT2D eigenvalue weighted by Crippen LogP contribution is 2.29. The van der Waals surface area contributed by atoms with Gasteiger partial charge in [-0.3, -0.25) is 9.97 Å². The lowest BCUT2D eigenvalue weighted by Crippen LogP contribution is -1.86. The van der Waals surface area contributed by atoms with Crippen molar-refractivity contribution in [2.45, 2.75) is 6.92 Å². The third-order valence-corrected chi connectivity index (χ3v) is 3.20. The summed E-state index contributed by atoms with van der Waals surface area (Å²) in [5.74, 6) is 0. The average molecular weight is 249 g/mol. The van der Waals surface area contributed by atoms with Crippen LogP contribution in [0, 0.1) is 11.8 Å². The second-order valence-corrected chi connectivity index (χ2v) is 4.33. The van der Waals surface area contributed by atoms with Gasteiger partial charge in [0.25, 0.3) is 0 Å². The molecule has 0 N–H and O–H groups in total. The smallest absolute Gasteiger partial charge is 0.129 e. The van der Waals surface area contributed by atoms with Crippen molar-refractivity contribution in [3.63, 3.8) is 0 Å². The third-order valence-electron chi connectivity index (χ3n) is 3.20. The summed E-state index contributed by atoms with van der Waals surface area (Å²) in [5.41, 5.74) is 4.18. The first kappa shape index (κ1) is 11.5. The van der Waals surface area contributed by atoms with Crippen LogP contribution in [0.5, 0.6) is 0 Å². The Balaban J connectivity index is 2.25. The van der Waals surface area contributed by atoms with Crippen molar-refractivity contribution in [1.29, 1.82) is 0 Å². The van der Waals surface area contributed by atoms with Crippen LogP contribution in [-0.2, 0) is 0 Å². The molecule has 2 heterocycles. The summed E-state index contributed by atoms with van der Waals surface area (Å²) in [5, 5.41) is 3.94. The summed E-state index contributed by atoms with van der Waals surface area (Å²) in [7, 11) is 0. The number of fused-ring (bicyclic) bond motifs is 1. The number of aryl methyl sites for hydroxylation is 1. The second-order valence-electron chi connectivity index (χ2n) is 4.33. The molecule has 3 aromatic rings. The highest BCUT2D eigenvalue weighted by molar-refractivity contribution is 5.89. The summed E-state index contributed by atoms with van der Waals surface area (Å²) < 4.78 is 0. The van der Waals surface area contributed by atoms with Gasteiger partial charge in [0.1, 0.15) is 5.69 Å². The first-order valence-electron chi connectivity index (χ1n) is 5.93. The lowest BCUT2D eigenvalue weighted by Gasteiger charge is -2.06. The number of nitroso groups, excluding NO2 is 1. The van der Waals surface area contributed by atoms with Crippen LogP contribution >= 0.6 is 0 Å². The Labute approximate surface area is 110 Å². The van der Waals surface area contributed by atoms with Gasteiger partial charge in [0.2, 0.25) is 0 Å². The fourth-order valence-corrected chi connectivity index (χ4v) is 2.12. The molecule has 0 amide bonds. The molecule has 0 saturated carbocycles. The molecule has 1 aromatic carbocycles. The van der Waals surface area contributed by atoms with Crippen LogP contribution in [0.2, 0.25) is 0 Å². The number of aromatic nitrogens is 2. The molecule has 0 atom stereocenters. The Morgan fingerprint density at radius 2 is 2.00 bits per heavy atom. The van der Waals surface area contributed by atoms with Crippen LogP contribution in [0.25, 0.3) is 22.0 Å². The van der Waals surface area contributed by atoms with E-state index in [0.29, 0.717) is 5.69 Å². The van der Waals surface area contributed by atoms with E-state index in [4.69, 9.17) is 0 Å². The van der Waals surface area contributed by atoms with Gasteiger partial charge in [-0.05, 0) is 41.4 Å². The van der Waals surface area contributed by atoms with E-state index in [2.05, 4.69) is 15.1 Å². The minimum atomic E-state index is 0.385. The SMILES string of the molecule is Cc1c(N=O)cnc2ccc(-c3cccnc3)cc12. The molecule has 0 spiro atoms. The number of rotatable bonds is 2. The van der Waals surface area contributed by atoms with E-state index < -0.39 is 0 Å². The Bertz CT molecular complexity index is 754. The quantitative estimate of drug-likeness (QED) is 0.645. The van der Waals surface area contributed by atoms with Gasteiger partial charge in [-0.15, -0.1) is 4.91 Å². The predicted octanol–water partition coefficient (Wildman–Crippen LogP) is 4.00. The molecule has 0 radical (unpaired) electrons. The number of hydrogen-bond acceptors (Lipinski definition) is 4. The summed E-state index contributed by atoms with van der Waals surface area (Å²) in [6.07, 6.45) is 5.06. The predicted molar refractivity (Wildman–Crippen MR) is 75.2 cm³/mol. The number of hydrogen-bond donors (Lipinski definition) is 0. The van der Waals surface area contributed by atoms with Crippen LogP contribution in [0.4, 0.5) is 5.69 Å². The van der Waals surface area contributed by atoms with E-state index in [1.54, 1.807) is 6.20 Å². The Morgan fingerprint density at radius 1 is 1.11 bits per heavy atom. The third kappa shape index (κ3) is 1.97. The largest absolute Gasteiger partial charge is 0.264 e. The van der Waals surface area contributed by atoms with Crippen LogP contribution in [0.1, 0.15) is 5.56 Å². The Kier molecular flexibility index (Phi) is 2.76. The maximum atomic E-state index is 10.7. The van der Waals surface area contributed by atoms with Crippen molar-refractivity contribution in [3.05, 3.63) is 59.4 Å². The number of pyridine rings is 2. The zero-order chi connectivity index (χ0) is 13.2. The van der Waals surface area contributed by atoms with E-state index in [9.17, 15) is 4.91 Å². The molecule has 19 heavy (non-hydrogen) atoms. The summed E-state index contributed by atoms with van der Waals surface area (Å²) in [6, 6.07) is 9.86.